The highest BCUT2D eigenvalue weighted by molar-refractivity contribution is 5.53. The zero-order valence-electron chi connectivity index (χ0n) is 10.8. The number of benzene rings is 1. The molecule has 1 atom stereocenters. The summed E-state index contributed by atoms with van der Waals surface area (Å²) in [6.45, 7) is 8.64. The Morgan fingerprint density at radius 2 is 1.88 bits per heavy atom. The molecule has 1 unspecified atom stereocenters. The molecule has 0 radical (unpaired) electrons. The lowest BCUT2D eigenvalue weighted by molar-refractivity contribution is 0.505. The Bertz CT molecular complexity index is 402. The van der Waals surface area contributed by atoms with Crippen LogP contribution >= 0.6 is 0 Å². The zero-order valence-corrected chi connectivity index (χ0v) is 10.8. The van der Waals surface area contributed by atoms with Gasteiger partial charge in [0.05, 0.1) is 11.6 Å². The normalized spacial score (nSPS) is 12.3. The Kier molecular flexibility index (Phi) is 3.95. The molecule has 2 nitrogen and oxygen atoms in total. The molecule has 0 bridgehead atoms. The number of anilines is 1. The van der Waals surface area contributed by atoms with E-state index in [1.165, 1.54) is 5.69 Å². The first-order chi connectivity index (χ1) is 7.47. The van der Waals surface area contributed by atoms with Gasteiger partial charge in [-0.15, -0.1) is 0 Å². The predicted molar refractivity (Wildman–Crippen MR) is 68.6 cm³/mol. The Labute approximate surface area is 98.5 Å². The molecule has 0 aliphatic heterocycles. The highest BCUT2D eigenvalue weighted by atomic mass is 15.1. The van der Waals surface area contributed by atoms with E-state index >= 15 is 0 Å². The topological polar surface area (TPSA) is 27.0 Å². The number of nitrogens with zero attached hydrogens (tertiary/aromatic N) is 2. The van der Waals surface area contributed by atoms with E-state index in [1.54, 1.807) is 0 Å². The van der Waals surface area contributed by atoms with Gasteiger partial charge in [0.25, 0.3) is 0 Å². The molecule has 0 aliphatic carbocycles. The van der Waals surface area contributed by atoms with E-state index in [2.05, 4.69) is 44.9 Å². The predicted octanol–water partition coefficient (Wildman–Crippen LogP) is 3.35. The molecule has 1 rings (SSSR count). The van der Waals surface area contributed by atoms with Crippen LogP contribution in [0.3, 0.4) is 0 Å². The van der Waals surface area contributed by atoms with Crippen LogP contribution in [0.25, 0.3) is 0 Å². The molecule has 0 fully saturated rings. The van der Waals surface area contributed by atoms with Crippen LogP contribution in [-0.4, -0.2) is 13.1 Å². The van der Waals surface area contributed by atoms with Crippen molar-refractivity contribution in [3.05, 3.63) is 29.3 Å². The average Bonchev–Trinajstić information content (AvgIpc) is 2.26. The number of nitriles is 1. The molecule has 0 saturated heterocycles. The van der Waals surface area contributed by atoms with Gasteiger partial charge in [0, 0.05) is 18.8 Å². The van der Waals surface area contributed by atoms with Crippen LogP contribution in [0.1, 0.15) is 31.9 Å². The summed E-state index contributed by atoms with van der Waals surface area (Å²) in [4.78, 5) is 2.26. The summed E-state index contributed by atoms with van der Waals surface area (Å²) in [6.07, 6.45) is 0. The molecule has 0 spiro atoms. The fraction of sp³-hybridized carbons (Fsp3) is 0.500. The molecule has 0 amide bonds. The third-order valence-corrected chi connectivity index (χ3v) is 3.31. The molecule has 0 aliphatic rings. The van der Waals surface area contributed by atoms with Gasteiger partial charge in [0.15, 0.2) is 0 Å². The summed E-state index contributed by atoms with van der Waals surface area (Å²) in [7, 11) is 2.10. The fourth-order valence-corrected chi connectivity index (χ4v) is 1.68. The van der Waals surface area contributed by atoms with Crippen molar-refractivity contribution < 1.29 is 0 Å². The monoisotopic (exact) mass is 216 g/mol. The molecule has 0 heterocycles. The molecular weight excluding hydrogens is 196 g/mol. The summed E-state index contributed by atoms with van der Waals surface area (Å²) in [5, 5.41) is 8.88. The van der Waals surface area contributed by atoms with Crippen LogP contribution in [0.4, 0.5) is 5.69 Å². The first kappa shape index (κ1) is 12.6. The van der Waals surface area contributed by atoms with Gasteiger partial charge in [0.2, 0.25) is 0 Å². The Hall–Kier alpha value is -1.49. The van der Waals surface area contributed by atoms with E-state index in [9.17, 15) is 0 Å². The van der Waals surface area contributed by atoms with Crippen LogP contribution in [0.2, 0.25) is 0 Å². The van der Waals surface area contributed by atoms with E-state index in [0.29, 0.717) is 12.0 Å². The van der Waals surface area contributed by atoms with Crippen molar-refractivity contribution in [1.29, 1.82) is 5.26 Å². The number of rotatable bonds is 3. The van der Waals surface area contributed by atoms with E-state index in [-0.39, 0.29) is 0 Å². The third-order valence-electron chi connectivity index (χ3n) is 3.31. The van der Waals surface area contributed by atoms with E-state index in [0.717, 1.165) is 11.1 Å². The van der Waals surface area contributed by atoms with Crippen LogP contribution in [0, 0.1) is 24.2 Å². The van der Waals surface area contributed by atoms with Crippen LogP contribution in [-0.2, 0) is 0 Å². The minimum atomic E-state index is 0.493. The lowest BCUT2D eigenvalue weighted by Crippen LogP contribution is -2.33. The van der Waals surface area contributed by atoms with E-state index in [4.69, 9.17) is 5.26 Å². The SMILES string of the molecule is Cc1cc(N(C)C(C)C(C)C)ccc1C#N. The second-order valence-electron chi connectivity index (χ2n) is 4.71. The van der Waals surface area contributed by atoms with Gasteiger partial charge in [-0.2, -0.15) is 5.26 Å². The van der Waals surface area contributed by atoms with Crippen molar-refractivity contribution in [3.8, 4) is 6.07 Å². The largest absolute Gasteiger partial charge is 0.372 e. The summed E-state index contributed by atoms with van der Waals surface area (Å²) < 4.78 is 0. The zero-order chi connectivity index (χ0) is 12.3. The minimum absolute atomic E-state index is 0.493. The van der Waals surface area contributed by atoms with Gasteiger partial charge < -0.3 is 4.90 Å². The second kappa shape index (κ2) is 5.03. The lowest BCUT2D eigenvalue weighted by Gasteiger charge is -2.30. The van der Waals surface area contributed by atoms with Crippen LogP contribution in [0.15, 0.2) is 18.2 Å². The molecule has 0 saturated carbocycles. The van der Waals surface area contributed by atoms with Crippen molar-refractivity contribution in [1.82, 2.24) is 0 Å². The average molecular weight is 216 g/mol. The molecular formula is C14H20N2. The molecule has 1 aromatic rings. The molecule has 86 valence electrons. The second-order valence-corrected chi connectivity index (χ2v) is 4.71. The van der Waals surface area contributed by atoms with Gasteiger partial charge in [-0.1, -0.05) is 13.8 Å². The van der Waals surface area contributed by atoms with Crippen LogP contribution in [0.5, 0.6) is 0 Å². The summed E-state index contributed by atoms with van der Waals surface area (Å²) in [6, 6.07) is 8.68. The minimum Gasteiger partial charge on any atom is -0.372 e. The van der Waals surface area contributed by atoms with Gasteiger partial charge in [-0.25, -0.2) is 0 Å². The van der Waals surface area contributed by atoms with Crippen molar-refractivity contribution in [2.75, 3.05) is 11.9 Å². The maximum atomic E-state index is 8.88. The van der Waals surface area contributed by atoms with Gasteiger partial charge in [-0.05, 0) is 43.5 Å². The molecule has 0 aromatic heterocycles. The fourth-order valence-electron chi connectivity index (χ4n) is 1.68. The van der Waals surface area contributed by atoms with Crippen molar-refractivity contribution in [2.45, 2.75) is 33.7 Å². The van der Waals surface area contributed by atoms with Gasteiger partial charge in [0.1, 0.15) is 0 Å². The maximum Gasteiger partial charge on any atom is 0.0994 e. The third kappa shape index (κ3) is 2.55. The van der Waals surface area contributed by atoms with E-state index in [1.807, 2.05) is 19.1 Å². The number of aryl methyl sites for hydroxylation is 1. The molecule has 16 heavy (non-hydrogen) atoms. The van der Waals surface area contributed by atoms with Crippen LogP contribution < -0.4 is 4.90 Å². The molecule has 1 aromatic carbocycles. The highest BCUT2D eigenvalue weighted by Gasteiger charge is 2.14. The highest BCUT2D eigenvalue weighted by Crippen LogP contribution is 2.21. The quantitative estimate of drug-likeness (QED) is 0.774. The summed E-state index contributed by atoms with van der Waals surface area (Å²) in [5.41, 5.74) is 2.98. The summed E-state index contributed by atoms with van der Waals surface area (Å²) in [5.74, 6) is 0.612. The molecule has 2 heteroatoms. The van der Waals surface area contributed by atoms with Gasteiger partial charge in [-0.3, -0.25) is 0 Å². The van der Waals surface area contributed by atoms with Gasteiger partial charge >= 0.3 is 0 Å². The number of hydrogen-bond acceptors (Lipinski definition) is 2. The van der Waals surface area contributed by atoms with Crippen molar-refractivity contribution >= 4 is 5.69 Å². The van der Waals surface area contributed by atoms with Crippen molar-refractivity contribution in [2.24, 2.45) is 5.92 Å². The standard InChI is InChI=1S/C14H20N2/c1-10(2)12(4)16(5)14-7-6-13(9-15)11(3)8-14/h6-8,10,12H,1-5H3. The Balaban J connectivity index is 2.98. The smallest absolute Gasteiger partial charge is 0.0994 e. The molecule has 0 N–H and O–H groups in total. The lowest BCUT2D eigenvalue weighted by atomic mass is 10.0. The number of hydrogen-bond donors (Lipinski definition) is 0. The Morgan fingerprint density at radius 3 is 2.31 bits per heavy atom. The van der Waals surface area contributed by atoms with Crippen molar-refractivity contribution in [3.63, 3.8) is 0 Å². The first-order valence-corrected chi connectivity index (χ1v) is 5.71. The summed E-state index contributed by atoms with van der Waals surface area (Å²) >= 11 is 0. The van der Waals surface area contributed by atoms with E-state index < -0.39 is 0 Å². The Morgan fingerprint density at radius 1 is 1.25 bits per heavy atom. The maximum absolute atomic E-state index is 8.88. The first-order valence-electron chi connectivity index (χ1n) is 5.71.